The molecular weight excluding hydrogens is 312 g/mol. The van der Waals surface area contributed by atoms with Crippen LogP contribution in [0.25, 0.3) is 0 Å². The average molecular weight is 332 g/mol. The van der Waals surface area contributed by atoms with Crippen molar-refractivity contribution in [1.29, 1.82) is 0 Å². The molecule has 23 heavy (non-hydrogen) atoms. The van der Waals surface area contributed by atoms with E-state index in [-0.39, 0.29) is 25.0 Å². The van der Waals surface area contributed by atoms with Crippen LogP contribution in [-0.2, 0) is 0 Å². The van der Waals surface area contributed by atoms with Crippen LogP contribution >= 0.6 is 11.3 Å². The first kappa shape index (κ1) is 17.2. The molecule has 0 unspecified atom stereocenters. The number of thiophene rings is 1. The number of hydrogen-bond donors (Lipinski definition) is 3. The quantitative estimate of drug-likeness (QED) is 0.787. The predicted molar refractivity (Wildman–Crippen MR) is 92.3 cm³/mol. The molecule has 0 aliphatic heterocycles. The van der Waals surface area contributed by atoms with E-state index in [0.717, 1.165) is 16.0 Å². The van der Waals surface area contributed by atoms with Crippen LogP contribution in [0.3, 0.4) is 0 Å². The molecule has 0 spiro atoms. The molecule has 2 aromatic rings. The number of benzene rings is 1. The van der Waals surface area contributed by atoms with E-state index < -0.39 is 0 Å². The molecule has 122 valence electrons. The van der Waals surface area contributed by atoms with Crippen molar-refractivity contribution in [3.63, 3.8) is 0 Å². The molecule has 1 heterocycles. The Hall–Kier alpha value is -2.18. The number of carbonyl (C=O) groups excluding carboxylic acids is 2. The van der Waals surface area contributed by atoms with Crippen molar-refractivity contribution in [3.05, 3.63) is 51.4 Å². The molecule has 0 atom stereocenters. The smallest absolute Gasteiger partial charge is 0.256 e. The third kappa shape index (κ3) is 3.97. The third-order valence-corrected chi connectivity index (χ3v) is 4.67. The minimum absolute atomic E-state index is 0.126. The topological polar surface area (TPSA) is 78.4 Å². The molecule has 5 nitrogen and oxygen atoms in total. The van der Waals surface area contributed by atoms with Gasteiger partial charge in [0.15, 0.2) is 0 Å². The van der Waals surface area contributed by atoms with Gasteiger partial charge in [0, 0.05) is 17.0 Å². The van der Waals surface area contributed by atoms with Gasteiger partial charge in [0.1, 0.15) is 5.00 Å². The number of amides is 2. The van der Waals surface area contributed by atoms with E-state index in [1.807, 2.05) is 32.9 Å². The molecule has 2 rings (SSSR count). The first-order valence-corrected chi connectivity index (χ1v) is 8.12. The lowest BCUT2D eigenvalue weighted by Gasteiger charge is -2.08. The van der Waals surface area contributed by atoms with Crippen molar-refractivity contribution < 1.29 is 14.7 Å². The second kappa shape index (κ2) is 7.39. The molecule has 3 N–H and O–H groups in total. The Morgan fingerprint density at radius 2 is 1.74 bits per heavy atom. The van der Waals surface area contributed by atoms with E-state index in [4.69, 9.17) is 5.11 Å². The van der Waals surface area contributed by atoms with Gasteiger partial charge < -0.3 is 15.7 Å². The van der Waals surface area contributed by atoms with Gasteiger partial charge in [-0.2, -0.15) is 0 Å². The maximum atomic E-state index is 12.4. The van der Waals surface area contributed by atoms with Crippen molar-refractivity contribution in [1.82, 2.24) is 5.32 Å². The van der Waals surface area contributed by atoms with Gasteiger partial charge in [0.05, 0.1) is 12.2 Å². The lowest BCUT2D eigenvalue weighted by molar-refractivity contribution is 0.0945. The number of aliphatic hydroxyl groups excluding tert-OH is 1. The summed E-state index contributed by atoms with van der Waals surface area (Å²) in [5.41, 5.74) is 2.92. The van der Waals surface area contributed by atoms with E-state index in [0.29, 0.717) is 16.1 Å². The fraction of sp³-hybridized carbons (Fsp3) is 0.294. The molecular formula is C17H20N2O3S. The highest BCUT2D eigenvalue weighted by Crippen LogP contribution is 2.32. The van der Waals surface area contributed by atoms with Crippen molar-refractivity contribution in [2.75, 3.05) is 18.5 Å². The van der Waals surface area contributed by atoms with Crippen molar-refractivity contribution in [2.45, 2.75) is 20.8 Å². The Balaban J connectivity index is 2.25. The second-order valence-corrected chi connectivity index (χ2v) is 6.51. The number of carbonyl (C=O) groups is 2. The van der Waals surface area contributed by atoms with Crippen LogP contribution in [0.4, 0.5) is 5.00 Å². The van der Waals surface area contributed by atoms with Crippen LogP contribution < -0.4 is 10.6 Å². The maximum Gasteiger partial charge on any atom is 0.256 e. The minimum atomic E-state index is -0.292. The molecule has 0 aliphatic rings. The molecule has 0 saturated heterocycles. The lowest BCUT2D eigenvalue weighted by Crippen LogP contribution is -2.27. The Kier molecular flexibility index (Phi) is 5.52. The number of nitrogens with one attached hydrogen (secondary N) is 2. The third-order valence-electron chi connectivity index (χ3n) is 3.55. The zero-order valence-corrected chi connectivity index (χ0v) is 14.2. The van der Waals surface area contributed by atoms with E-state index in [2.05, 4.69) is 10.6 Å². The highest BCUT2D eigenvalue weighted by Gasteiger charge is 2.21. The fourth-order valence-electron chi connectivity index (χ4n) is 2.13. The largest absolute Gasteiger partial charge is 0.395 e. The van der Waals surface area contributed by atoms with Gasteiger partial charge in [-0.1, -0.05) is 17.7 Å². The summed E-state index contributed by atoms with van der Waals surface area (Å²) < 4.78 is 0. The molecule has 0 aliphatic carbocycles. The standard InChI is InChI=1S/C17H20N2O3S/c1-10-4-6-13(7-5-10)15(21)19-17-14(11(2)12(3)23-17)16(22)18-8-9-20/h4-7,20H,8-9H2,1-3H3,(H,18,22)(H,19,21). The summed E-state index contributed by atoms with van der Waals surface area (Å²) >= 11 is 1.37. The van der Waals surface area contributed by atoms with Gasteiger partial charge in [-0.05, 0) is 38.5 Å². The van der Waals surface area contributed by atoms with Crippen molar-refractivity contribution in [3.8, 4) is 0 Å². The fourth-order valence-corrected chi connectivity index (χ4v) is 3.18. The van der Waals surface area contributed by atoms with E-state index in [1.54, 1.807) is 12.1 Å². The summed E-state index contributed by atoms with van der Waals surface area (Å²) in [7, 11) is 0. The zero-order chi connectivity index (χ0) is 17.0. The summed E-state index contributed by atoms with van der Waals surface area (Å²) in [6.07, 6.45) is 0. The highest BCUT2D eigenvalue weighted by atomic mass is 32.1. The van der Waals surface area contributed by atoms with Crippen LogP contribution in [0.15, 0.2) is 24.3 Å². The first-order valence-electron chi connectivity index (χ1n) is 7.31. The molecule has 1 aromatic carbocycles. The molecule has 0 bridgehead atoms. The van der Waals surface area contributed by atoms with Gasteiger partial charge in [-0.15, -0.1) is 11.3 Å². The number of aliphatic hydroxyl groups is 1. The number of rotatable bonds is 5. The van der Waals surface area contributed by atoms with Gasteiger partial charge in [0.2, 0.25) is 0 Å². The van der Waals surface area contributed by atoms with Crippen LogP contribution in [0, 0.1) is 20.8 Å². The summed E-state index contributed by atoms with van der Waals surface area (Å²) in [6.45, 7) is 5.76. The molecule has 0 fully saturated rings. The molecule has 6 heteroatoms. The Morgan fingerprint density at radius 1 is 1.09 bits per heavy atom. The number of anilines is 1. The van der Waals surface area contributed by atoms with E-state index in [9.17, 15) is 9.59 Å². The molecule has 0 saturated carbocycles. The SMILES string of the molecule is Cc1ccc(C(=O)Nc2sc(C)c(C)c2C(=O)NCCO)cc1. The van der Waals surface area contributed by atoms with Crippen LogP contribution in [0.2, 0.25) is 0 Å². The average Bonchev–Trinajstić information content (AvgIpc) is 2.80. The molecule has 1 aromatic heterocycles. The number of hydrogen-bond acceptors (Lipinski definition) is 4. The van der Waals surface area contributed by atoms with E-state index >= 15 is 0 Å². The molecule has 2 amide bonds. The monoisotopic (exact) mass is 332 g/mol. The number of aryl methyl sites for hydroxylation is 2. The summed E-state index contributed by atoms with van der Waals surface area (Å²) in [5, 5.41) is 14.8. The summed E-state index contributed by atoms with van der Waals surface area (Å²) in [5.74, 6) is -0.539. The summed E-state index contributed by atoms with van der Waals surface area (Å²) in [4.78, 5) is 25.6. The van der Waals surface area contributed by atoms with E-state index in [1.165, 1.54) is 11.3 Å². The Labute approximate surface area is 139 Å². The van der Waals surface area contributed by atoms with Crippen molar-refractivity contribution >= 4 is 28.2 Å². The van der Waals surface area contributed by atoms with Gasteiger partial charge in [0.25, 0.3) is 11.8 Å². The van der Waals surface area contributed by atoms with Crippen LogP contribution in [0.5, 0.6) is 0 Å². The van der Waals surface area contributed by atoms with Gasteiger partial charge in [-0.3, -0.25) is 9.59 Å². The van der Waals surface area contributed by atoms with Crippen LogP contribution in [-0.4, -0.2) is 30.1 Å². The maximum absolute atomic E-state index is 12.4. The minimum Gasteiger partial charge on any atom is -0.395 e. The first-order chi connectivity index (χ1) is 10.9. The van der Waals surface area contributed by atoms with Crippen molar-refractivity contribution in [2.24, 2.45) is 0 Å². The summed E-state index contributed by atoms with van der Waals surface area (Å²) in [6, 6.07) is 7.25. The van der Waals surface area contributed by atoms with Gasteiger partial charge >= 0.3 is 0 Å². The Bertz CT molecular complexity index is 720. The Morgan fingerprint density at radius 3 is 2.35 bits per heavy atom. The normalized spacial score (nSPS) is 10.4. The lowest BCUT2D eigenvalue weighted by atomic mass is 10.1. The van der Waals surface area contributed by atoms with Gasteiger partial charge in [-0.25, -0.2) is 0 Å². The molecule has 0 radical (unpaired) electrons. The highest BCUT2D eigenvalue weighted by molar-refractivity contribution is 7.16. The zero-order valence-electron chi connectivity index (χ0n) is 13.4. The second-order valence-electron chi connectivity index (χ2n) is 5.29. The predicted octanol–water partition coefficient (Wildman–Crippen LogP) is 2.65. The van der Waals surface area contributed by atoms with Crippen LogP contribution in [0.1, 0.15) is 36.7 Å².